The summed E-state index contributed by atoms with van der Waals surface area (Å²) in [6, 6.07) is 7.28. The summed E-state index contributed by atoms with van der Waals surface area (Å²) >= 11 is 0. The second-order valence-electron chi connectivity index (χ2n) is 4.54. The molecule has 0 radical (unpaired) electrons. The van der Waals surface area contributed by atoms with Crippen molar-refractivity contribution < 1.29 is 13.2 Å². The minimum Gasteiger partial charge on any atom is -0.335 e. The van der Waals surface area contributed by atoms with Gasteiger partial charge in [0, 0.05) is 12.7 Å². The number of aromatic amines is 1. The second-order valence-corrected chi connectivity index (χ2v) is 6.55. The van der Waals surface area contributed by atoms with E-state index in [4.69, 9.17) is 0 Å². The van der Waals surface area contributed by atoms with Gasteiger partial charge in [-0.2, -0.15) is 4.31 Å². The standard InChI is InChI=1S/C13H16N4O3S/c1-10-5-3-4-6-11(10)16-12(18)8-17(2)21(19,20)13-7-14-9-15-13/h3-7,9H,8H2,1-2H3,(H,14,15)(H,16,18). The summed E-state index contributed by atoms with van der Waals surface area (Å²) in [4.78, 5) is 18.1. The number of H-pyrrole nitrogens is 1. The van der Waals surface area contributed by atoms with Crippen molar-refractivity contribution in [3.05, 3.63) is 42.4 Å². The number of aromatic nitrogens is 2. The van der Waals surface area contributed by atoms with Crippen molar-refractivity contribution >= 4 is 21.6 Å². The number of carbonyl (C=O) groups excluding carboxylic acids is 1. The van der Waals surface area contributed by atoms with Crippen molar-refractivity contribution in [2.24, 2.45) is 0 Å². The maximum atomic E-state index is 12.1. The number of aryl methyl sites for hydroxylation is 1. The van der Waals surface area contributed by atoms with E-state index in [1.165, 1.54) is 19.6 Å². The molecule has 0 saturated heterocycles. The SMILES string of the molecule is Cc1ccccc1NC(=O)CN(C)S(=O)(=O)c1cnc[nH]1. The molecule has 0 fully saturated rings. The molecule has 2 aromatic rings. The van der Waals surface area contributed by atoms with Gasteiger partial charge in [0.25, 0.3) is 10.0 Å². The Morgan fingerprint density at radius 1 is 1.38 bits per heavy atom. The number of amides is 1. The first-order valence-electron chi connectivity index (χ1n) is 6.21. The third-order valence-corrected chi connectivity index (χ3v) is 4.68. The number of anilines is 1. The van der Waals surface area contributed by atoms with E-state index in [1.54, 1.807) is 12.1 Å². The zero-order valence-corrected chi connectivity index (χ0v) is 12.5. The van der Waals surface area contributed by atoms with Crippen LogP contribution in [0.3, 0.4) is 0 Å². The number of nitrogens with one attached hydrogen (secondary N) is 2. The molecule has 0 unspecified atom stereocenters. The van der Waals surface area contributed by atoms with E-state index in [-0.39, 0.29) is 11.6 Å². The maximum absolute atomic E-state index is 12.1. The van der Waals surface area contributed by atoms with Gasteiger partial charge in [0.15, 0.2) is 5.03 Å². The monoisotopic (exact) mass is 308 g/mol. The van der Waals surface area contributed by atoms with E-state index in [9.17, 15) is 13.2 Å². The van der Waals surface area contributed by atoms with Gasteiger partial charge in [-0.3, -0.25) is 4.79 Å². The number of nitrogens with zero attached hydrogens (tertiary/aromatic N) is 2. The largest absolute Gasteiger partial charge is 0.335 e. The fraction of sp³-hybridized carbons (Fsp3) is 0.231. The van der Waals surface area contributed by atoms with Crippen LogP contribution in [0.1, 0.15) is 5.56 Å². The first kappa shape index (κ1) is 15.2. The fourth-order valence-electron chi connectivity index (χ4n) is 1.74. The minimum absolute atomic E-state index is 0.0475. The van der Waals surface area contributed by atoms with Crippen LogP contribution in [0, 0.1) is 6.92 Å². The molecule has 0 aliphatic carbocycles. The predicted molar refractivity (Wildman–Crippen MR) is 78.2 cm³/mol. The summed E-state index contributed by atoms with van der Waals surface area (Å²) in [7, 11) is -2.40. The fourth-order valence-corrected chi connectivity index (χ4v) is 2.76. The van der Waals surface area contributed by atoms with Crippen LogP contribution < -0.4 is 5.32 Å². The number of sulfonamides is 1. The molecule has 7 nitrogen and oxygen atoms in total. The molecule has 1 aromatic carbocycles. The number of hydrogen-bond donors (Lipinski definition) is 2. The lowest BCUT2D eigenvalue weighted by atomic mass is 10.2. The third-order valence-electron chi connectivity index (χ3n) is 2.95. The van der Waals surface area contributed by atoms with Crippen LogP contribution in [-0.4, -0.2) is 42.2 Å². The second kappa shape index (κ2) is 6.06. The summed E-state index contributed by atoms with van der Waals surface area (Å²) in [6.45, 7) is 1.58. The molecule has 0 saturated carbocycles. The smallest absolute Gasteiger partial charge is 0.260 e. The Labute approximate surface area is 123 Å². The van der Waals surface area contributed by atoms with E-state index in [0.29, 0.717) is 5.69 Å². The highest BCUT2D eigenvalue weighted by atomic mass is 32.2. The van der Waals surface area contributed by atoms with Crippen LogP contribution >= 0.6 is 0 Å². The maximum Gasteiger partial charge on any atom is 0.260 e. The molecule has 0 atom stereocenters. The van der Waals surface area contributed by atoms with Gasteiger partial charge in [0.2, 0.25) is 5.91 Å². The first-order valence-corrected chi connectivity index (χ1v) is 7.65. The lowest BCUT2D eigenvalue weighted by Crippen LogP contribution is -2.35. The zero-order valence-electron chi connectivity index (χ0n) is 11.7. The van der Waals surface area contributed by atoms with Gasteiger partial charge in [-0.05, 0) is 18.6 Å². The Hall–Kier alpha value is -2.19. The van der Waals surface area contributed by atoms with Crippen molar-refractivity contribution in [1.82, 2.24) is 14.3 Å². The molecule has 112 valence electrons. The van der Waals surface area contributed by atoms with Gasteiger partial charge in [-0.25, -0.2) is 13.4 Å². The number of hydrogen-bond acceptors (Lipinski definition) is 4. The number of carbonyl (C=O) groups is 1. The summed E-state index contributed by atoms with van der Waals surface area (Å²) in [5.74, 6) is -0.408. The van der Waals surface area contributed by atoms with Gasteiger partial charge < -0.3 is 10.3 Å². The Bertz CT molecular complexity index is 726. The molecule has 21 heavy (non-hydrogen) atoms. The van der Waals surface area contributed by atoms with Gasteiger partial charge >= 0.3 is 0 Å². The average molecular weight is 308 g/mol. The summed E-state index contributed by atoms with van der Waals surface area (Å²) < 4.78 is 25.2. The van der Waals surface area contributed by atoms with Crippen LogP contribution in [0.25, 0.3) is 0 Å². The van der Waals surface area contributed by atoms with E-state index < -0.39 is 15.9 Å². The van der Waals surface area contributed by atoms with Gasteiger partial charge in [-0.15, -0.1) is 0 Å². The van der Waals surface area contributed by atoms with Gasteiger partial charge in [0.1, 0.15) is 0 Å². The van der Waals surface area contributed by atoms with Gasteiger partial charge in [0.05, 0.1) is 19.1 Å². The normalized spacial score (nSPS) is 11.6. The van der Waals surface area contributed by atoms with Gasteiger partial charge in [-0.1, -0.05) is 18.2 Å². The summed E-state index contributed by atoms with van der Waals surface area (Å²) in [5, 5.41) is 2.64. The van der Waals surface area contributed by atoms with Crippen molar-refractivity contribution in [3.63, 3.8) is 0 Å². The highest BCUT2D eigenvalue weighted by molar-refractivity contribution is 7.89. The van der Waals surface area contributed by atoms with E-state index in [2.05, 4.69) is 15.3 Å². The Morgan fingerprint density at radius 2 is 2.10 bits per heavy atom. The molecular weight excluding hydrogens is 292 g/mol. The topological polar surface area (TPSA) is 95.2 Å². The van der Waals surface area contributed by atoms with E-state index in [1.807, 2.05) is 19.1 Å². The van der Waals surface area contributed by atoms with Crippen LogP contribution in [0.5, 0.6) is 0 Å². The summed E-state index contributed by atoms with van der Waals surface area (Å²) in [5.41, 5.74) is 1.57. The number of rotatable bonds is 5. The zero-order chi connectivity index (χ0) is 15.5. The van der Waals surface area contributed by atoms with E-state index in [0.717, 1.165) is 9.87 Å². The first-order chi connectivity index (χ1) is 9.91. The lowest BCUT2D eigenvalue weighted by molar-refractivity contribution is -0.116. The number of para-hydroxylation sites is 1. The summed E-state index contributed by atoms with van der Waals surface area (Å²) in [6.07, 6.45) is 2.47. The molecule has 0 spiro atoms. The van der Waals surface area contributed by atoms with Crippen LogP contribution in [0.15, 0.2) is 41.8 Å². The highest BCUT2D eigenvalue weighted by Gasteiger charge is 2.24. The van der Waals surface area contributed by atoms with Crippen molar-refractivity contribution in [2.45, 2.75) is 11.9 Å². The highest BCUT2D eigenvalue weighted by Crippen LogP contribution is 2.14. The Kier molecular flexibility index (Phi) is 4.39. The molecule has 0 aliphatic rings. The minimum atomic E-state index is -3.74. The number of imidazole rings is 1. The quantitative estimate of drug-likeness (QED) is 0.860. The predicted octanol–water partition coefficient (Wildman–Crippen LogP) is 0.977. The number of likely N-dealkylation sites (N-methyl/N-ethyl adjacent to an activating group) is 1. The number of benzene rings is 1. The van der Waals surface area contributed by atoms with Crippen molar-refractivity contribution in [1.29, 1.82) is 0 Å². The molecule has 8 heteroatoms. The Morgan fingerprint density at radius 3 is 2.71 bits per heavy atom. The molecule has 1 amide bonds. The molecule has 2 rings (SSSR count). The molecule has 1 aromatic heterocycles. The van der Waals surface area contributed by atoms with Crippen molar-refractivity contribution in [2.75, 3.05) is 18.9 Å². The molecule has 0 aliphatic heterocycles. The van der Waals surface area contributed by atoms with E-state index >= 15 is 0 Å². The average Bonchev–Trinajstić information content (AvgIpc) is 2.96. The van der Waals surface area contributed by atoms with Crippen LogP contribution in [0.4, 0.5) is 5.69 Å². The van der Waals surface area contributed by atoms with Crippen LogP contribution in [0.2, 0.25) is 0 Å². The van der Waals surface area contributed by atoms with Crippen LogP contribution in [-0.2, 0) is 14.8 Å². The lowest BCUT2D eigenvalue weighted by Gasteiger charge is -2.16. The molecule has 0 bridgehead atoms. The third kappa shape index (κ3) is 3.47. The molecule has 1 heterocycles. The molecule has 2 N–H and O–H groups in total. The molecular formula is C13H16N4O3S. The van der Waals surface area contributed by atoms with Crippen molar-refractivity contribution in [3.8, 4) is 0 Å². The Balaban J connectivity index is 2.05.